The number of piperidine rings is 1. The van der Waals surface area contributed by atoms with Crippen molar-refractivity contribution < 1.29 is 9.59 Å². The average molecular weight is 292 g/mol. The van der Waals surface area contributed by atoms with E-state index in [1.165, 1.54) is 19.3 Å². The third-order valence-electron chi connectivity index (χ3n) is 5.45. The Morgan fingerprint density at radius 3 is 1.90 bits per heavy atom. The zero-order chi connectivity index (χ0) is 14.7. The van der Waals surface area contributed by atoms with Crippen LogP contribution in [0, 0.1) is 11.8 Å². The fourth-order valence-corrected chi connectivity index (χ4v) is 4.18. The molecule has 4 nitrogen and oxygen atoms in total. The minimum absolute atomic E-state index is 0.0596. The lowest BCUT2D eigenvalue weighted by atomic mass is 9.87. The van der Waals surface area contributed by atoms with Gasteiger partial charge in [0.05, 0.1) is 5.92 Å². The SMILES string of the molecule is O=C(C1CCCCC1)N1CCC[C@H](C(=O)N2CCCC2)C1. The lowest BCUT2D eigenvalue weighted by Crippen LogP contribution is -2.48. The van der Waals surface area contributed by atoms with E-state index in [1.807, 2.05) is 9.80 Å². The topological polar surface area (TPSA) is 40.6 Å². The van der Waals surface area contributed by atoms with Crippen LogP contribution in [0.2, 0.25) is 0 Å². The number of hydrogen-bond acceptors (Lipinski definition) is 2. The van der Waals surface area contributed by atoms with Gasteiger partial charge in [-0.3, -0.25) is 9.59 Å². The van der Waals surface area contributed by atoms with Gasteiger partial charge in [0.2, 0.25) is 11.8 Å². The Kier molecular flexibility index (Phi) is 4.81. The van der Waals surface area contributed by atoms with Crippen LogP contribution in [-0.4, -0.2) is 47.8 Å². The van der Waals surface area contributed by atoms with Crippen LogP contribution < -0.4 is 0 Å². The highest BCUT2D eigenvalue weighted by molar-refractivity contribution is 5.82. The molecule has 0 aromatic rings. The van der Waals surface area contributed by atoms with Crippen molar-refractivity contribution in [3.63, 3.8) is 0 Å². The summed E-state index contributed by atoms with van der Waals surface area (Å²) in [5, 5.41) is 0. The highest BCUT2D eigenvalue weighted by Crippen LogP contribution is 2.28. The largest absolute Gasteiger partial charge is 0.342 e. The van der Waals surface area contributed by atoms with Crippen LogP contribution in [0.4, 0.5) is 0 Å². The van der Waals surface area contributed by atoms with E-state index < -0.39 is 0 Å². The van der Waals surface area contributed by atoms with Gasteiger partial charge in [-0.2, -0.15) is 0 Å². The maximum atomic E-state index is 12.6. The number of hydrogen-bond donors (Lipinski definition) is 0. The molecule has 0 bridgehead atoms. The third kappa shape index (κ3) is 3.41. The van der Waals surface area contributed by atoms with Crippen LogP contribution in [0.3, 0.4) is 0 Å². The van der Waals surface area contributed by atoms with Crippen molar-refractivity contribution in [2.24, 2.45) is 11.8 Å². The van der Waals surface area contributed by atoms with Gasteiger partial charge in [0.1, 0.15) is 0 Å². The summed E-state index contributed by atoms with van der Waals surface area (Å²) in [6.45, 7) is 3.38. The van der Waals surface area contributed by atoms with Crippen molar-refractivity contribution in [1.29, 1.82) is 0 Å². The van der Waals surface area contributed by atoms with Gasteiger partial charge in [-0.1, -0.05) is 19.3 Å². The molecule has 0 aromatic carbocycles. The van der Waals surface area contributed by atoms with Crippen LogP contribution >= 0.6 is 0 Å². The molecule has 3 aliphatic rings. The summed E-state index contributed by atoms with van der Waals surface area (Å²) in [5.41, 5.74) is 0. The molecular weight excluding hydrogens is 264 g/mol. The maximum Gasteiger partial charge on any atom is 0.227 e. The second kappa shape index (κ2) is 6.80. The Balaban J connectivity index is 1.57. The zero-order valence-electron chi connectivity index (χ0n) is 13.1. The van der Waals surface area contributed by atoms with E-state index in [4.69, 9.17) is 0 Å². The normalized spacial score (nSPS) is 27.9. The first-order chi connectivity index (χ1) is 10.3. The van der Waals surface area contributed by atoms with Gasteiger partial charge in [-0.15, -0.1) is 0 Å². The van der Waals surface area contributed by atoms with Crippen molar-refractivity contribution in [3.8, 4) is 0 Å². The minimum Gasteiger partial charge on any atom is -0.342 e. The molecule has 0 aromatic heterocycles. The van der Waals surface area contributed by atoms with Crippen molar-refractivity contribution in [3.05, 3.63) is 0 Å². The second-order valence-electron chi connectivity index (χ2n) is 6.99. The summed E-state index contributed by atoms with van der Waals surface area (Å²) in [6, 6.07) is 0. The average Bonchev–Trinajstić information content (AvgIpc) is 3.09. The van der Waals surface area contributed by atoms with Gasteiger partial charge < -0.3 is 9.80 Å². The Labute approximate surface area is 127 Å². The van der Waals surface area contributed by atoms with E-state index >= 15 is 0 Å². The predicted molar refractivity (Wildman–Crippen MR) is 81.7 cm³/mol. The number of nitrogens with zero attached hydrogens (tertiary/aromatic N) is 2. The molecule has 118 valence electrons. The molecule has 0 unspecified atom stereocenters. The van der Waals surface area contributed by atoms with Crippen LogP contribution in [-0.2, 0) is 9.59 Å². The third-order valence-corrected chi connectivity index (χ3v) is 5.45. The molecule has 0 spiro atoms. The van der Waals surface area contributed by atoms with Gasteiger partial charge in [0, 0.05) is 32.1 Å². The summed E-state index contributed by atoms with van der Waals surface area (Å²) < 4.78 is 0. The summed E-state index contributed by atoms with van der Waals surface area (Å²) in [4.78, 5) is 29.2. The number of carbonyl (C=O) groups is 2. The molecule has 3 fully saturated rings. The number of carbonyl (C=O) groups excluding carboxylic acids is 2. The second-order valence-corrected chi connectivity index (χ2v) is 6.99. The molecular formula is C17H28N2O2. The molecule has 2 aliphatic heterocycles. The van der Waals surface area contributed by atoms with E-state index in [9.17, 15) is 9.59 Å². The van der Waals surface area contributed by atoms with Gasteiger partial charge >= 0.3 is 0 Å². The molecule has 21 heavy (non-hydrogen) atoms. The van der Waals surface area contributed by atoms with Crippen LogP contribution in [0.15, 0.2) is 0 Å². The molecule has 2 amide bonds. The van der Waals surface area contributed by atoms with E-state index in [2.05, 4.69) is 0 Å². The Hall–Kier alpha value is -1.06. The summed E-state index contributed by atoms with van der Waals surface area (Å²) in [6.07, 6.45) is 10.0. The van der Waals surface area contributed by atoms with Crippen molar-refractivity contribution >= 4 is 11.8 Å². The highest BCUT2D eigenvalue weighted by atomic mass is 16.2. The molecule has 1 atom stereocenters. The predicted octanol–water partition coefficient (Wildman–Crippen LogP) is 2.43. The van der Waals surface area contributed by atoms with E-state index in [-0.39, 0.29) is 11.8 Å². The fourth-order valence-electron chi connectivity index (χ4n) is 4.18. The first-order valence-corrected chi connectivity index (χ1v) is 8.83. The Bertz CT molecular complexity index is 384. The highest BCUT2D eigenvalue weighted by Gasteiger charge is 2.34. The number of rotatable bonds is 2. The lowest BCUT2D eigenvalue weighted by Gasteiger charge is -2.36. The number of likely N-dealkylation sites (tertiary alicyclic amines) is 2. The molecule has 2 saturated heterocycles. The van der Waals surface area contributed by atoms with Crippen molar-refractivity contribution in [2.75, 3.05) is 26.2 Å². The van der Waals surface area contributed by atoms with Gasteiger partial charge in [0.25, 0.3) is 0 Å². The summed E-state index contributed by atoms with van der Waals surface area (Å²) in [5.74, 6) is 0.922. The summed E-state index contributed by atoms with van der Waals surface area (Å²) in [7, 11) is 0. The molecule has 3 rings (SSSR count). The zero-order valence-corrected chi connectivity index (χ0v) is 13.1. The van der Waals surface area contributed by atoms with Crippen molar-refractivity contribution in [1.82, 2.24) is 9.80 Å². The van der Waals surface area contributed by atoms with Gasteiger partial charge in [-0.25, -0.2) is 0 Å². The molecule has 2 heterocycles. The lowest BCUT2D eigenvalue weighted by molar-refractivity contribution is -0.143. The van der Waals surface area contributed by atoms with Crippen LogP contribution in [0.25, 0.3) is 0 Å². The quantitative estimate of drug-likeness (QED) is 0.784. The molecule has 4 heteroatoms. The van der Waals surface area contributed by atoms with Crippen molar-refractivity contribution in [2.45, 2.75) is 57.8 Å². The molecule has 0 radical (unpaired) electrons. The smallest absolute Gasteiger partial charge is 0.227 e. The van der Waals surface area contributed by atoms with E-state index in [0.717, 1.165) is 58.2 Å². The van der Waals surface area contributed by atoms with Gasteiger partial charge in [0.15, 0.2) is 0 Å². The van der Waals surface area contributed by atoms with Crippen LogP contribution in [0.5, 0.6) is 0 Å². The standard InChI is InChI=1S/C17H28N2O2/c20-16(14-7-2-1-3-8-14)19-12-6-9-15(13-19)17(21)18-10-4-5-11-18/h14-15H,1-13H2/t15-/m0/s1. The minimum atomic E-state index is 0.0596. The first-order valence-electron chi connectivity index (χ1n) is 8.83. The van der Waals surface area contributed by atoms with Gasteiger partial charge in [-0.05, 0) is 38.5 Å². The molecule has 1 aliphatic carbocycles. The Morgan fingerprint density at radius 1 is 0.619 bits per heavy atom. The molecule has 0 N–H and O–H groups in total. The maximum absolute atomic E-state index is 12.6. The van der Waals surface area contributed by atoms with E-state index in [1.54, 1.807) is 0 Å². The monoisotopic (exact) mass is 292 g/mol. The fraction of sp³-hybridized carbons (Fsp3) is 0.882. The first kappa shape index (κ1) is 14.9. The Morgan fingerprint density at radius 2 is 1.19 bits per heavy atom. The number of amides is 2. The van der Waals surface area contributed by atoms with Crippen LogP contribution in [0.1, 0.15) is 57.8 Å². The summed E-state index contributed by atoms with van der Waals surface area (Å²) >= 11 is 0. The molecule has 1 saturated carbocycles. The van der Waals surface area contributed by atoms with E-state index in [0.29, 0.717) is 18.4 Å².